The Balaban J connectivity index is 1.94. The summed E-state index contributed by atoms with van der Waals surface area (Å²) in [6, 6.07) is 6.86. The van der Waals surface area contributed by atoms with Crippen molar-refractivity contribution in [2.24, 2.45) is 11.8 Å². The molecule has 1 saturated carbocycles. The van der Waals surface area contributed by atoms with Gasteiger partial charge in [0.15, 0.2) is 17.2 Å². The van der Waals surface area contributed by atoms with Gasteiger partial charge >= 0.3 is 5.97 Å². The quantitative estimate of drug-likeness (QED) is 0.470. The van der Waals surface area contributed by atoms with Crippen molar-refractivity contribution >= 4 is 23.5 Å². The van der Waals surface area contributed by atoms with Gasteiger partial charge in [-0.2, -0.15) is 0 Å². The molecule has 184 valence electrons. The normalized spacial score (nSPS) is 17.4. The summed E-state index contributed by atoms with van der Waals surface area (Å²) in [7, 11) is 1.35. The lowest BCUT2D eigenvalue weighted by atomic mass is 9.77. The van der Waals surface area contributed by atoms with Gasteiger partial charge in [0.2, 0.25) is 0 Å². The van der Waals surface area contributed by atoms with Crippen molar-refractivity contribution in [3.63, 3.8) is 0 Å². The van der Waals surface area contributed by atoms with Crippen LogP contribution < -0.4 is 14.8 Å². The van der Waals surface area contributed by atoms with Gasteiger partial charge in [0.25, 0.3) is 5.91 Å². The van der Waals surface area contributed by atoms with Crippen LogP contribution in [0.4, 0.5) is 0 Å². The number of rotatable bonds is 9. The molecule has 1 fully saturated rings. The number of carboxylic acid groups (broad SMARTS) is 1. The number of methoxy groups -OCH3 is 1. The number of halogens is 1. The lowest BCUT2D eigenvalue weighted by Crippen LogP contribution is -2.61. The number of carbonyl (C=O) groups excluding carboxylic acids is 1. The predicted octanol–water partition coefficient (Wildman–Crippen LogP) is 4.60. The lowest BCUT2D eigenvalue weighted by molar-refractivity contribution is -0.148. The first-order chi connectivity index (χ1) is 16.1. The minimum atomic E-state index is -1.72. The van der Waals surface area contributed by atoms with E-state index in [1.54, 1.807) is 19.1 Å². The molecule has 0 radical (unpaired) electrons. The Kier molecular flexibility index (Phi) is 7.92. The van der Waals surface area contributed by atoms with Crippen LogP contribution in [-0.2, 0) is 4.79 Å². The first kappa shape index (κ1) is 25.6. The van der Waals surface area contributed by atoms with Gasteiger partial charge in [-0.1, -0.05) is 37.4 Å². The number of carbonyl (C=O) groups is 2. The summed E-state index contributed by atoms with van der Waals surface area (Å²) in [5.74, 6) is -2.52. The molecular formula is C25H31ClN2O6. The molecule has 1 heterocycles. The summed E-state index contributed by atoms with van der Waals surface area (Å²) < 4.78 is 11.4. The van der Waals surface area contributed by atoms with E-state index in [1.807, 2.05) is 13.0 Å². The van der Waals surface area contributed by atoms with Gasteiger partial charge in [0.05, 0.1) is 12.1 Å². The maximum absolute atomic E-state index is 13.0. The Bertz CT molecular complexity index is 1060. The van der Waals surface area contributed by atoms with Crippen molar-refractivity contribution in [2.45, 2.75) is 58.1 Å². The molecule has 0 unspecified atom stereocenters. The summed E-state index contributed by atoms with van der Waals surface area (Å²) >= 11 is 6.41. The SMILES string of the molecule is COc1ccnc(C(=O)N[C@](C)(C(=O)O)[C@H](C)[C@H](Oc2ccc(C)cc2Cl)C2CCCC2)c1O. The van der Waals surface area contributed by atoms with E-state index in [0.717, 1.165) is 31.2 Å². The Morgan fingerprint density at radius 2 is 1.91 bits per heavy atom. The van der Waals surface area contributed by atoms with Crippen LogP contribution in [0.1, 0.15) is 55.6 Å². The molecule has 0 aliphatic heterocycles. The minimum absolute atomic E-state index is 0.0615. The van der Waals surface area contributed by atoms with Gasteiger partial charge in [-0.25, -0.2) is 9.78 Å². The number of pyridine rings is 1. The monoisotopic (exact) mass is 490 g/mol. The van der Waals surface area contributed by atoms with Crippen molar-refractivity contribution in [3.05, 3.63) is 46.7 Å². The number of benzene rings is 1. The van der Waals surface area contributed by atoms with Crippen LogP contribution in [0.15, 0.2) is 30.5 Å². The summed E-state index contributed by atoms with van der Waals surface area (Å²) in [4.78, 5) is 29.5. The first-order valence-corrected chi connectivity index (χ1v) is 11.7. The van der Waals surface area contributed by atoms with Crippen LogP contribution in [0, 0.1) is 18.8 Å². The molecule has 0 bridgehead atoms. The van der Waals surface area contributed by atoms with Gasteiger partial charge in [-0.15, -0.1) is 0 Å². The molecule has 2 aromatic rings. The van der Waals surface area contributed by atoms with Gasteiger partial charge < -0.3 is 25.0 Å². The predicted molar refractivity (Wildman–Crippen MR) is 128 cm³/mol. The second kappa shape index (κ2) is 10.5. The van der Waals surface area contributed by atoms with Gasteiger partial charge in [-0.05, 0) is 50.3 Å². The fourth-order valence-corrected chi connectivity index (χ4v) is 4.77. The summed E-state index contributed by atoms with van der Waals surface area (Å²) in [5, 5.41) is 23.6. The van der Waals surface area contributed by atoms with E-state index in [9.17, 15) is 19.8 Å². The number of ether oxygens (including phenoxy) is 2. The van der Waals surface area contributed by atoms with Crippen LogP contribution in [0.25, 0.3) is 0 Å². The molecule has 8 nitrogen and oxygen atoms in total. The highest BCUT2D eigenvalue weighted by Crippen LogP contribution is 2.39. The lowest BCUT2D eigenvalue weighted by Gasteiger charge is -2.39. The number of nitrogens with zero attached hydrogens (tertiary/aromatic N) is 1. The third-order valence-electron chi connectivity index (χ3n) is 6.76. The highest BCUT2D eigenvalue weighted by atomic mass is 35.5. The second-order valence-corrected chi connectivity index (χ2v) is 9.43. The Hall–Kier alpha value is -3.00. The maximum Gasteiger partial charge on any atom is 0.329 e. The number of carboxylic acids is 1. The number of hydrogen-bond donors (Lipinski definition) is 3. The minimum Gasteiger partial charge on any atom is -0.503 e. The van der Waals surface area contributed by atoms with Crippen molar-refractivity contribution in [1.82, 2.24) is 10.3 Å². The Morgan fingerprint density at radius 1 is 1.24 bits per heavy atom. The fourth-order valence-electron chi connectivity index (χ4n) is 4.49. The van der Waals surface area contributed by atoms with Crippen LogP contribution in [0.2, 0.25) is 5.02 Å². The van der Waals surface area contributed by atoms with E-state index in [-0.39, 0.29) is 17.4 Å². The Morgan fingerprint density at radius 3 is 2.50 bits per heavy atom. The van der Waals surface area contributed by atoms with Gasteiger partial charge in [-0.3, -0.25) is 4.79 Å². The van der Waals surface area contributed by atoms with Crippen LogP contribution in [0.5, 0.6) is 17.2 Å². The molecule has 9 heteroatoms. The summed E-state index contributed by atoms with van der Waals surface area (Å²) in [6.07, 6.45) is 4.61. The topological polar surface area (TPSA) is 118 Å². The molecule has 34 heavy (non-hydrogen) atoms. The van der Waals surface area contributed by atoms with Crippen molar-refractivity contribution in [3.8, 4) is 17.2 Å². The van der Waals surface area contributed by atoms with E-state index in [4.69, 9.17) is 21.1 Å². The van der Waals surface area contributed by atoms with Crippen molar-refractivity contribution in [1.29, 1.82) is 0 Å². The molecule has 0 spiro atoms. The number of nitrogens with one attached hydrogen (secondary N) is 1. The summed E-state index contributed by atoms with van der Waals surface area (Å²) in [5.41, 5.74) is -1.06. The third-order valence-corrected chi connectivity index (χ3v) is 7.05. The van der Waals surface area contributed by atoms with Crippen LogP contribution in [0.3, 0.4) is 0 Å². The van der Waals surface area contributed by atoms with Crippen LogP contribution in [-0.4, -0.2) is 45.8 Å². The van der Waals surface area contributed by atoms with E-state index >= 15 is 0 Å². The van der Waals surface area contributed by atoms with E-state index in [0.29, 0.717) is 10.8 Å². The second-order valence-electron chi connectivity index (χ2n) is 9.02. The standard InChI is InChI=1S/C25H31ClN2O6/c1-14-9-10-18(17(26)13-14)34-22(16-7-5-6-8-16)15(2)25(3,24(31)32)28-23(30)20-21(29)19(33-4)11-12-27-20/h9-13,15-16,22,29H,5-8H2,1-4H3,(H,28,30)(H,31,32)/t15-,22+,25+/m1/s1. The zero-order chi connectivity index (χ0) is 25.0. The van der Waals surface area contributed by atoms with Crippen molar-refractivity contribution < 1.29 is 29.3 Å². The largest absolute Gasteiger partial charge is 0.503 e. The number of hydrogen-bond acceptors (Lipinski definition) is 6. The number of aromatic hydroxyl groups is 1. The number of aryl methyl sites for hydroxylation is 1. The van der Waals surface area contributed by atoms with E-state index in [2.05, 4.69) is 10.3 Å². The number of amides is 1. The molecule has 1 aromatic heterocycles. The molecule has 3 atom stereocenters. The third kappa shape index (κ3) is 5.22. The number of aromatic nitrogens is 1. The fraction of sp³-hybridized carbons (Fsp3) is 0.480. The van der Waals surface area contributed by atoms with Gasteiger partial charge in [0, 0.05) is 18.2 Å². The average molecular weight is 491 g/mol. The smallest absolute Gasteiger partial charge is 0.329 e. The first-order valence-electron chi connectivity index (χ1n) is 11.3. The van der Waals surface area contributed by atoms with E-state index in [1.165, 1.54) is 26.3 Å². The van der Waals surface area contributed by atoms with Crippen molar-refractivity contribution in [2.75, 3.05) is 7.11 Å². The molecule has 1 aliphatic rings. The molecule has 1 aromatic carbocycles. The molecule has 3 N–H and O–H groups in total. The average Bonchev–Trinajstić information content (AvgIpc) is 3.32. The molecule has 3 rings (SSSR count). The van der Waals surface area contributed by atoms with Crippen LogP contribution >= 0.6 is 11.6 Å². The molecular weight excluding hydrogens is 460 g/mol. The maximum atomic E-state index is 13.0. The molecule has 1 aliphatic carbocycles. The summed E-state index contributed by atoms with van der Waals surface area (Å²) in [6.45, 7) is 5.11. The van der Waals surface area contributed by atoms with E-state index < -0.39 is 35.2 Å². The highest BCUT2D eigenvalue weighted by Gasteiger charge is 2.48. The van der Waals surface area contributed by atoms with Gasteiger partial charge in [0.1, 0.15) is 17.4 Å². The number of aliphatic carboxylic acids is 1. The molecule has 1 amide bonds. The molecule has 0 saturated heterocycles. The highest BCUT2D eigenvalue weighted by molar-refractivity contribution is 6.32. The zero-order valence-electron chi connectivity index (χ0n) is 19.8. The zero-order valence-corrected chi connectivity index (χ0v) is 20.6. The Labute approximate surface area is 204 Å².